The van der Waals surface area contributed by atoms with Crippen molar-refractivity contribution in [3.8, 4) is 11.8 Å². The largest absolute Gasteiger partial charge is 0.507 e. The van der Waals surface area contributed by atoms with Crippen molar-refractivity contribution in [3.05, 3.63) is 29.3 Å². The van der Waals surface area contributed by atoms with Crippen molar-refractivity contribution in [2.24, 2.45) is 5.92 Å². The van der Waals surface area contributed by atoms with Crippen molar-refractivity contribution < 1.29 is 24.2 Å². The van der Waals surface area contributed by atoms with Crippen LogP contribution in [0.1, 0.15) is 90.3 Å². The number of hydrogen-bond acceptors (Lipinski definition) is 6. The standard InChI is InChI=1S/C28H42N4O5/c1-18(2)17-22(31-27(36)37-28(4,5)6)26(35)32(16-15-29)23(21-14-10-11-19(3)24(21)33)25(34)30-20-12-8-7-9-13-20/h10-11,14,18,20,22-23,33H,7-9,12-13,16-17H2,1-6H3,(H,30,34)(H,31,36). The third kappa shape index (κ3) is 8.96. The summed E-state index contributed by atoms with van der Waals surface area (Å²) in [7, 11) is 0. The van der Waals surface area contributed by atoms with E-state index < -0.39 is 42.1 Å². The number of para-hydroxylation sites is 1. The maximum Gasteiger partial charge on any atom is 0.408 e. The molecule has 2 rings (SSSR count). The Morgan fingerprint density at radius 3 is 2.41 bits per heavy atom. The summed E-state index contributed by atoms with van der Waals surface area (Å²) >= 11 is 0. The number of hydrogen-bond donors (Lipinski definition) is 3. The molecule has 0 radical (unpaired) electrons. The summed E-state index contributed by atoms with van der Waals surface area (Å²) in [6.45, 7) is 10.3. The molecule has 9 heteroatoms. The van der Waals surface area contributed by atoms with Crippen LogP contribution >= 0.6 is 0 Å². The van der Waals surface area contributed by atoms with Crippen molar-refractivity contribution in [1.82, 2.24) is 15.5 Å². The highest BCUT2D eigenvalue weighted by atomic mass is 16.6. The summed E-state index contributed by atoms with van der Waals surface area (Å²) in [5, 5.41) is 26.2. The van der Waals surface area contributed by atoms with Gasteiger partial charge in [0.2, 0.25) is 11.8 Å². The molecule has 0 saturated heterocycles. The maximum atomic E-state index is 13.9. The number of benzene rings is 1. The molecule has 0 spiro atoms. The molecule has 0 aromatic heterocycles. The molecule has 1 aliphatic rings. The van der Waals surface area contributed by atoms with Crippen molar-refractivity contribution in [3.63, 3.8) is 0 Å². The number of alkyl carbamates (subject to hydrolysis) is 1. The van der Waals surface area contributed by atoms with Crippen LogP contribution in [-0.2, 0) is 14.3 Å². The highest BCUT2D eigenvalue weighted by Crippen LogP contribution is 2.33. The zero-order valence-corrected chi connectivity index (χ0v) is 23.0. The zero-order chi connectivity index (χ0) is 27.8. The van der Waals surface area contributed by atoms with E-state index in [2.05, 4.69) is 10.6 Å². The molecular formula is C28H42N4O5. The van der Waals surface area contributed by atoms with Crippen molar-refractivity contribution in [1.29, 1.82) is 5.26 Å². The summed E-state index contributed by atoms with van der Waals surface area (Å²) in [4.78, 5) is 41.4. The van der Waals surface area contributed by atoms with Gasteiger partial charge in [0.1, 0.15) is 30.0 Å². The molecule has 2 unspecified atom stereocenters. The zero-order valence-electron chi connectivity index (χ0n) is 23.0. The van der Waals surface area contributed by atoms with E-state index in [4.69, 9.17) is 4.74 Å². The smallest absolute Gasteiger partial charge is 0.408 e. The van der Waals surface area contributed by atoms with Crippen molar-refractivity contribution in [2.75, 3.05) is 6.54 Å². The van der Waals surface area contributed by atoms with Crippen LogP contribution in [0.5, 0.6) is 5.75 Å². The monoisotopic (exact) mass is 514 g/mol. The Morgan fingerprint density at radius 2 is 1.84 bits per heavy atom. The Balaban J connectivity index is 2.49. The van der Waals surface area contributed by atoms with E-state index in [1.165, 1.54) is 0 Å². The predicted octanol–water partition coefficient (Wildman–Crippen LogP) is 4.48. The molecule has 37 heavy (non-hydrogen) atoms. The van der Waals surface area contributed by atoms with Crippen LogP contribution in [0.3, 0.4) is 0 Å². The molecule has 9 nitrogen and oxygen atoms in total. The minimum absolute atomic E-state index is 0.0229. The molecule has 3 amide bonds. The molecule has 1 fully saturated rings. The molecule has 1 aromatic carbocycles. The number of aryl methyl sites for hydroxylation is 1. The topological polar surface area (TPSA) is 132 Å². The molecule has 0 bridgehead atoms. The number of carbonyl (C=O) groups excluding carboxylic acids is 3. The molecule has 1 aromatic rings. The summed E-state index contributed by atoms with van der Waals surface area (Å²) in [6.07, 6.45) is 4.30. The molecule has 2 atom stereocenters. The predicted molar refractivity (Wildman–Crippen MR) is 141 cm³/mol. The summed E-state index contributed by atoms with van der Waals surface area (Å²) in [6, 6.07) is 4.67. The first-order chi connectivity index (χ1) is 17.3. The Morgan fingerprint density at radius 1 is 1.19 bits per heavy atom. The van der Waals surface area contributed by atoms with Gasteiger partial charge in [-0.05, 0) is 58.4 Å². The fourth-order valence-electron chi connectivity index (χ4n) is 4.60. The van der Waals surface area contributed by atoms with Gasteiger partial charge in [-0.25, -0.2) is 4.79 Å². The lowest BCUT2D eigenvalue weighted by molar-refractivity contribution is -0.142. The van der Waals surface area contributed by atoms with Crippen LogP contribution in [0.25, 0.3) is 0 Å². The highest BCUT2D eigenvalue weighted by molar-refractivity contribution is 5.93. The number of nitriles is 1. The Labute approximate surface area is 220 Å². The molecule has 1 saturated carbocycles. The third-order valence-corrected chi connectivity index (χ3v) is 6.30. The Kier molecular flexibility index (Phi) is 10.8. The summed E-state index contributed by atoms with van der Waals surface area (Å²) < 4.78 is 5.36. The summed E-state index contributed by atoms with van der Waals surface area (Å²) in [5.74, 6) is -1.14. The van der Waals surface area contributed by atoms with Crippen LogP contribution in [-0.4, -0.2) is 52.1 Å². The minimum atomic E-state index is -1.25. The second kappa shape index (κ2) is 13.3. The number of phenols is 1. The van der Waals surface area contributed by atoms with Gasteiger partial charge in [0.25, 0.3) is 0 Å². The van der Waals surface area contributed by atoms with E-state index in [1.807, 2.05) is 19.9 Å². The van der Waals surface area contributed by atoms with Crippen molar-refractivity contribution >= 4 is 17.9 Å². The quantitative estimate of drug-likeness (QED) is 0.416. The number of aromatic hydroxyl groups is 1. The fourth-order valence-corrected chi connectivity index (χ4v) is 4.60. The number of rotatable bonds is 9. The maximum absolute atomic E-state index is 13.9. The number of carbonyl (C=O) groups is 3. The van der Waals surface area contributed by atoms with E-state index in [9.17, 15) is 24.8 Å². The van der Waals surface area contributed by atoms with Gasteiger partial charge >= 0.3 is 6.09 Å². The first kappa shape index (κ1) is 29.9. The van der Waals surface area contributed by atoms with Gasteiger partial charge in [-0.3, -0.25) is 9.59 Å². The SMILES string of the molecule is Cc1cccc(C(C(=O)NC2CCCCC2)N(CC#N)C(=O)C(CC(C)C)NC(=O)OC(C)(C)C)c1O. The lowest BCUT2D eigenvalue weighted by Gasteiger charge is -2.35. The average molecular weight is 515 g/mol. The van der Waals surface area contributed by atoms with Crippen LogP contribution in [0, 0.1) is 24.2 Å². The molecule has 3 N–H and O–H groups in total. The normalized spacial score (nSPS) is 15.8. The molecular weight excluding hydrogens is 472 g/mol. The van der Waals surface area contributed by atoms with Gasteiger partial charge in [-0.15, -0.1) is 0 Å². The van der Waals surface area contributed by atoms with E-state index in [0.29, 0.717) is 5.56 Å². The Bertz CT molecular complexity index is 989. The summed E-state index contributed by atoms with van der Waals surface area (Å²) in [5.41, 5.74) is 0.0119. The number of phenolic OH excluding ortho intramolecular Hbond substituents is 1. The van der Waals surface area contributed by atoms with Gasteiger partial charge in [0.05, 0.1) is 6.07 Å². The molecule has 0 heterocycles. The lowest BCUT2D eigenvalue weighted by atomic mass is 9.94. The number of ether oxygens (including phenoxy) is 1. The number of amides is 3. The van der Waals surface area contributed by atoms with Crippen LogP contribution in [0.15, 0.2) is 18.2 Å². The van der Waals surface area contributed by atoms with Gasteiger partial charge in [0, 0.05) is 11.6 Å². The van der Waals surface area contributed by atoms with Crippen LogP contribution in [0.2, 0.25) is 0 Å². The van der Waals surface area contributed by atoms with E-state index in [0.717, 1.165) is 37.0 Å². The molecule has 0 aliphatic heterocycles. The van der Waals surface area contributed by atoms with Gasteiger partial charge in [-0.1, -0.05) is 51.3 Å². The number of nitrogens with zero attached hydrogens (tertiary/aromatic N) is 2. The highest BCUT2D eigenvalue weighted by Gasteiger charge is 2.38. The van der Waals surface area contributed by atoms with Crippen LogP contribution < -0.4 is 10.6 Å². The number of nitrogens with one attached hydrogen (secondary N) is 2. The first-order valence-corrected chi connectivity index (χ1v) is 13.1. The van der Waals surface area contributed by atoms with Gasteiger partial charge in [-0.2, -0.15) is 5.26 Å². The van der Waals surface area contributed by atoms with E-state index in [1.54, 1.807) is 45.9 Å². The average Bonchev–Trinajstić information content (AvgIpc) is 2.79. The van der Waals surface area contributed by atoms with Gasteiger partial charge < -0.3 is 25.4 Å². The lowest BCUT2D eigenvalue weighted by Crippen LogP contribution is -2.54. The van der Waals surface area contributed by atoms with Crippen molar-refractivity contribution in [2.45, 2.75) is 104 Å². The second-order valence-corrected chi connectivity index (χ2v) is 11.2. The fraction of sp³-hybridized carbons (Fsp3) is 0.643. The first-order valence-electron chi connectivity index (χ1n) is 13.1. The Hall–Kier alpha value is -3.28. The second-order valence-electron chi connectivity index (χ2n) is 11.2. The minimum Gasteiger partial charge on any atom is -0.507 e. The van der Waals surface area contributed by atoms with E-state index in [-0.39, 0.29) is 29.7 Å². The third-order valence-electron chi connectivity index (χ3n) is 6.30. The molecule has 204 valence electrons. The van der Waals surface area contributed by atoms with Gasteiger partial charge in [0.15, 0.2) is 0 Å². The van der Waals surface area contributed by atoms with E-state index >= 15 is 0 Å². The molecule has 1 aliphatic carbocycles. The van der Waals surface area contributed by atoms with Crippen LogP contribution in [0.4, 0.5) is 4.79 Å².